The molecular formula is C13H17N5O3. The van der Waals surface area contributed by atoms with Crippen LogP contribution in [-0.2, 0) is 6.54 Å². The standard InChI is InChI=1S/C13H17N5O3/c1-8-6-10(17-20-8)12-16-11(21-18-12)7-14-13(19)15-9-4-2-3-5-9/h6,9H,2-5,7H2,1H3,(H2,14,15,19). The second-order valence-corrected chi connectivity index (χ2v) is 5.14. The SMILES string of the molecule is Cc1cc(-c2noc(CNC(=O)NC3CCCC3)n2)no1. The number of carbonyl (C=O) groups is 1. The van der Waals surface area contributed by atoms with Crippen molar-refractivity contribution in [2.45, 2.75) is 45.2 Å². The third-order valence-electron chi connectivity index (χ3n) is 3.42. The van der Waals surface area contributed by atoms with Crippen molar-refractivity contribution >= 4 is 6.03 Å². The highest BCUT2D eigenvalue weighted by Crippen LogP contribution is 2.17. The van der Waals surface area contributed by atoms with Gasteiger partial charge < -0.3 is 19.7 Å². The van der Waals surface area contributed by atoms with Gasteiger partial charge >= 0.3 is 6.03 Å². The zero-order valence-corrected chi connectivity index (χ0v) is 11.8. The van der Waals surface area contributed by atoms with Crippen molar-refractivity contribution < 1.29 is 13.8 Å². The summed E-state index contributed by atoms with van der Waals surface area (Å²) in [5.74, 6) is 1.34. The van der Waals surface area contributed by atoms with Gasteiger partial charge in [-0.1, -0.05) is 23.2 Å². The van der Waals surface area contributed by atoms with Crippen LogP contribution in [0.5, 0.6) is 0 Å². The zero-order valence-electron chi connectivity index (χ0n) is 11.8. The molecule has 0 radical (unpaired) electrons. The minimum atomic E-state index is -0.209. The van der Waals surface area contributed by atoms with Crippen LogP contribution < -0.4 is 10.6 Å². The van der Waals surface area contributed by atoms with E-state index < -0.39 is 0 Å². The van der Waals surface area contributed by atoms with Crippen LogP contribution in [0.1, 0.15) is 37.3 Å². The first-order valence-corrected chi connectivity index (χ1v) is 7.01. The number of amides is 2. The Hall–Kier alpha value is -2.38. The molecule has 2 N–H and O–H groups in total. The molecule has 2 aromatic rings. The van der Waals surface area contributed by atoms with Crippen molar-refractivity contribution in [2.24, 2.45) is 0 Å². The summed E-state index contributed by atoms with van der Waals surface area (Å²) < 4.78 is 10.0. The molecule has 8 heteroatoms. The van der Waals surface area contributed by atoms with Crippen LogP contribution in [0, 0.1) is 6.92 Å². The molecule has 1 fully saturated rings. The largest absolute Gasteiger partial charge is 0.361 e. The quantitative estimate of drug-likeness (QED) is 0.889. The molecule has 8 nitrogen and oxygen atoms in total. The molecule has 2 amide bonds. The number of nitrogens with zero attached hydrogens (tertiary/aromatic N) is 3. The normalized spacial score (nSPS) is 15.3. The molecule has 1 saturated carbocycles. The van der Waals surface area contributed by atoms with Gasteiger partial charge in [-0.05, 0) is 19.8 Å². The van der Waals surface area contributed by atoms with Crippen LogP contribution in [0.2, 0.25) is 0 Å². The molecule has 0 bridgehead atoms. The fraction of sp³-hybridized carbons (Fsp3) is 0.538. The molecule has 0 spiro atoms. The van der Waals surface area contributed by atoms with Crippen molar-refractivity contribution in [3.8, 4) is 11.5 Å². The third kappa shape index (κ3) is 3.39. The summed E-state index contributed by atoms with van der Waals surface area (Å²) in [6.07, 6.45) is 4.44. The summed E-state index contributed by atoms with van der Waals surface area (Å²) >= 11 is 0. The minimum absolute atomic E-state index is 0.183. The Morgan fingerprint density at radius 2 is 2.14 bits per heavy atom. The lowest BCUT2D eigenvalue weighted by Gasteiger charge is -2.11. The van der Waals surface area contributed by atoms with Gasteiger partial charge in [0.15, 0.2) is 5.69 Å². The van der Waals surface area contributed by atoms with Crippen LogP contribution >= 0.6 is 0 Å². The van der Waals surface area contributed by atoms with E-state index in [-0.39, 0.29) is 18.6 Å². The lowest BCUT2D eigenvalue weighted by molar-refractivity contribution is 0.234. The van der Waals surface area contributed by atoms with Gasteiger partial charge in [-0.2, -0.15) is 4.98 Å². The van der Waals surface area contributed by atoms with Gasteiger partial charge in [-0.3, -0.25) is 0 Å². The van der Waals surface area contributed by atoms with E-state index in [9.17, 15) is 4.79 Å². The average molecular weight is 291 g/mol. The number of urea groups is 1. The molecule has 0 aromatic carbocycles. The van der Waals surface area contributed by atoms with Gasteiger partial charge in [-0.25, -0.2) is 4.79 Å². The molecule has 1 aliphatic carbocycles. The first-order valence-electron chi connectivity index (χ1n) is 7.01. The fourth-order valence-corrected chi connectivity index (χ4v) is 2.36. The first kappa shape index (κ1) is 13.6. The Morgan fingerprint density at radius 3 is 2.86 bits per heavy atom. The van der Waals surface area contributed by atoms with Crippen LogP contribution in [-0.4, -0.2) is 27.4 Å². The highest BCUT2D eigenvalue weighted by molar-refractivity contribution is 5.74. The lowest BCUT2D eigenvalue weighted by Crippen LogP contribution is -2.40. The van der Waals surface area contributed by atoms with Crippen molar-refractivity contribution in [1.29, 1.82) is 0 Å². The van der Waals surface area contributed by atoms with Gasteiger partial charge in [0.25, 0.3) is 0 Å². The van der Waals surface area contributed by atoms with E-state index >= 15 is 0 Å². The number of aryl methyl sites for hydroxylation is 1. The summed E-state index contributed by atoms with van der Waals surface area (Å²) in [6.45, 7) is 1.97. The topological polar surface area (TPSA) is 106 Å². The van der Waals surface area contributed by atoms with Gasteiger partial charge in [0, 0.05) is 12.1 Å². The Morgan fingerprint density at radius 1 is 1.33 bits per heavy atom. The van der Waals surface area contributed by atoms with Crippen LogP contribution in [0.15, 0.2) is 15.1 Å². The molecule has 3 rings (SSSR count). The fourth-order valence-electron chi connectivity index (χ4n) is 2.36. The molecule has 2 heterocycles. The van der Waals surface area contributed by atoms with Crippen LogP contribution in [0.3, 0.4) is 0 Å². The van der Waals surface area contributed by atoms with Crippen molar-refractivity contribution in [3.05, 3.63) is 17.7 Å². The highest BCUT2D eigenvalue weighted by atomic mass is 16.5. The van der Waals surface area contributed by atoms with Crippen molar-refractivity contribution in [2.75, 3.05) is 0 Å². The predicted molar refractivity (Wildman–Crippen MR) is 72.2 cm³/mol. The number of hydrogen-bond acceptors (Lipinski definition) is 6. The lowest BCUT2D eigenvalue weighted by atomic mass is 10.2. The maximum Gasteiger partial charge on any atom is 0.315 e. The number of carbonyl (C=O) groups excluding carboxylic acids is 1. The van der Waals surface area contributed by atoms with E-state index in [0.29, 0.717) is 23.2 Å². The maximum absolute atomic E-state index is 11.7. The molecule has 0 atom stereocenters. The first-order chi connectivity index (χ1) is 10.2. The summed E-state index contributed by atoms with van der Waals surface area (Å²) in [4.78, 5) is 15.9. The monoisotopic (exact) mass is 291 g/mol. The van der Waals surface area contributed by atoms with E-state index in [1.54, 1.807) is 13.0 Å². The molecule has 0 unspecified atom stereocenters. The Labute approximate surface area is 121 Å². The Bertz CT molecular complexity index is 615. The Kier molecular flexibility index (Phi) is 3.85. The number of nitrogens with one attached hydrogen (secondary N) is 2. The van der Waals surface area contributed by atoms with Gasteiger partial charge in [0.05, 0.1) is 6.54 Å². The summed E-state index contributed by atoms with van der Waals surface area (Å²) in [7, 11) is 0. The molecule has 0 aliphatic heterocycles. The summed E-state index contributed by atoms with van der Waals surface area (Å²) in [5.41, 5.74) is 0.512. The number of aromatic nitrogens is 3. The summed E-state index contributed by atoms with van der Waals surface area (Å²) in [5, 5.41) is 13.2. The summed E-state index contributed by atoms with van der Waals surface area (Å²) in [6, 6.07) is 1.79. The third-order valence-corrected chi connectivity index (χ3v) is 3.42. The van der Waals surface area contributed by atoms with Gasteiger partial charge in [0.1, 0.15) is 5.76 Å². The van der Waals surface area contributed by atoms with E-state index in [4.69, 9.17) is 9.05 Å². The van der Waals surface area contributed by atoms with Gasteiger partial charge in [-0.15, -0.1) is 0 Å². The van der Waals surface area contributed by atoms with Gasteiger partial charge in [0.2, 0.25) is 11.7 Å². The van der Waals surface area contributed by atoms with E-state index in [2.05, 4.69) is 25.9 Å². The van der Waals surface area contributed by atoms with E-state index in [1.807, 2.05) is 0 Å². The molecule has 2 aromatic heterocycles. The second-order valence-electron chi connectivity index (χ2n) is 5.14. The predicted octanol–water partition coefficient (Wildman–Crippen LogP) is 1.77. The highest BCUT2D eigenvalue weighted by Gasteiger charge is 2.17. The molecule has 1 aliphatic rings. The van der Waals surface area contributed by atoms with E-state index in [1.165, 1.54) is 12.8 Å². The van der Waals surface area contributed by atoms with Crippen molar-refractivity contribution in [3.63, 3.8) is 0 Å². The Balaban J connectivity index is 1.51. The number of hydrogen-bond donors (Lipinski definition) is 2. The maximum atomic E-state index is 11.7. The van der Waals surface area contributed by atoms with Crippen LogP contribution in [0.25, 0.3) is 11.5 Å². The van der Waals surface area contributed by atoms with E-state index in [0.717, 1.165) is 12.8 Å². The molecular weight excluding hydrogens is 274 g/mol. The minimum Gasteiger partial charge on any atom is -0.361 e. The molecule has 112 valence electrons. The number of rotatable bonds is 4. The van der Waals surface area contributed by atoms with Crippen molar-refractivity contribution in [1.82, 2.24) is 25.9 Å². The molecule has 0 saturated heterocycles. The molecule has 21 heavy (non-hydrogen) atoms. The average Bonchev–Trinajstić information content (AvgIpc) is 3.17. The zero-order chi connectivity index (χ0) is 14.7. The van der Waals surface area contributed by atoms with Crippen LogP contribution in [0.4, 0.5) is 4.79 Å². The smallest absolute Gasteiger partial charge is 0.315 e. The second kappa shape index (κ2) is 5.94.